The van der Waals surface area contributed by atoms with E-state index < -0.39 is 0 Å². The maximum atomic E-state index is 14.4. The molecule has 31 heavy (non-hydrogen) atoms. The first-order valence-corrected chi connectivity index (χ1v) is 12.0. The lowest BCUT2D eigenvalue weighted by Gasteiger charge is -2.32. The molecule has 0 atom stereocenters. The Hall–Kier alpha value is -2.54. The SMILES string of the molecule is O=C(NCCC1=CCCCC1)C1CCN(c2ncnc3c2sc2cccc(F)c23)CC1. The van der Waals surface area contributed by atoms with E-state index in [2.05, 4.69) is 26.3 Å². The van der Waals surface area contributed by atoms with Crippen molar-refractivity contribution in [2.24, 2.45) is 5.92 Å². The smallest absolute Gasteiger partial charge is 0.223 e. The lowest BCUT2D eigenvalue weighted by Crippen LogP contribution is -2.41. The summed E-state index contributed by atoms with van der Waals surface area (Å²) in [6, 6.07) is 5.13. The molecule has 0 bridgehead atoms. The lowest BCUT2D eigenvalue weighted by atomic mass is 9.95. The molecular weight excluding hydrogens is 411 g/mol. The highest BCUT2D eigenvalue weighted by molar-refractivity contribution is 7.26. The summed E-state index contributed by atoms with van der Waals surface area (Å²) < 4.78 is 16.2. The van der Waals surface area contributed by atoms with Crippen LogP contribution in [0.1, 0.15) is 44.9 Å². The van der Waals surface area contributed by atoms with E-state index in [0.717, 1.165) is 54.1 Å². The van der Waals surface area contributed by atoms with Gasteiger partial charge >= 0.3 is 0 Å². The van der Waals surface area contributed by atoms with Gasteiger partial charge < -0.3 is 10.2 Å². The van der Waals surface area contributed by atoms with Crippen LogP contribution in [-0.2, 0) is 4.79 Å². The molecule has 1 fully saturated rings. The Morgan fingerprint density at radius 2 is 2.10 bits per heavy atom. The highest BCUT2D eigenvalue weighted by Crippen LogP contribution is 2.39. The third-order valence-electron chi connectivity index (χ3n) is 6.50. The van der Waals surface area contributed by atoms with E-state index in [-0.39, 0.29) is 17.6 Å². The number of amides is 1. The molecule has 3 aromatic rings. The molecule has 1 amide bonds. The number of fused-ring (bicyclic) bond motifs is 3. The summed E-state index contributed by atoms with van der Waals surface area (Å²) in [5, 5.41) is 3.72. The predicted molar refractivity (Wildman–Crippen MR) is 124 cm³/mol. The number of benzene rings is 1. The van der Waals surface area contributed by atoms with Crippen LogP contribution < -0.4 is 10.2 Å². The fourth-order valence-electron chi connectivity index (χ4n) is 4.77. The van der Waals surface area contributed by atoms with Crippen LogP contribution >= 0.6 is 11.3 Å². The van der Waals surface area contributed by atoms with Crippen LogP contribution in [0.5, 0.6) is 0 Å². The fourth-order valence-corrected chi connectivity index (χ4v) is 5.95. The summed E-state index contributed by atoms with van der Waals surface area (Å²) >= 11 is 1.54. The number of hydrogen-bond donors (Lipinski definition) is 1. The van der Waals surface area contributed by atoms with E-state index in [4.69, 9.17) is 0 Å². The molecule has 0 unspecified atom stereocenters. The second-order valence-electron chi connectivity index (χ2n) is 8.50. The molecular formula is C24H27FN4OS. The first-order valence-electron chi connectivity index (χ1n) is 11.2. The van der Waals surface area contributed by atoms with Crippen molar-refractivity contribution in [1.29, 1.82) is 0 Å². The number of rotatable bonds is 5. The zero-order valence-corrected chi connectivity index (χ0v) is 18.4. The van der Waals surface area contributed by atoms with Gasteiger partial charge in [-0.2, -0.15) is 0 Å². The minimum absolute atomic E-state index is 0.0498. The van der Waals surface area contributed by atoms with Gasteiger partial charge in [-0.05, 0) is 57.1 Å². The Morgan fingerprint density at radius 3 is 2.90 bits per heavy atom. The topological polar surface area (TPSA) is 58.1 Å². The summed E-state index contributed by atoms with van der Waals surface area (Å²) in [6.45, 7) is 2.28. The van der Waals surface area contributed by atoms with Crippen LogP contribution in [-0.4, -0.2) is 35.5 Å². The second-order valence-corrected chi connectivity index (χ2v) is 9.55. The van der Waals surface area contributed by atoms with Gasteiger partial charge in [0, 0.05) is 30.3 Å². The largest absolute Gasteiger partial charge is 0.356 e. The quantitative estimate of drug-likeness (QED) is 0.556. The molecule has 2 aliphatic rings. The zero-order valence-electron chi connectivity index (χ0n) is 17.6. The molecule has 3 heterocycles. The standard InChI is InChI=1S/C24H27FN4OS/c25-18-7-4-8-19-20(18)21-22(31-19)23(28-15-27-21)29-13-10-17(11-14-29)24(30)26-12-9-16-5-2-1-3-6-16/h4-5,7-8,15,17H,1-3,6,9-14H2,(H,26,30). The average Bonchev–Trinajstić information content (AvgIpc) is 3.20. The van der Waals surface area contributed by atoms with E-state index in [1.165, 1.54) is 55.0 Å². The third-order valence-corrected chi connectivity index (χ3v) is 7.65. The minimum atomic E-state index is -0.243. The number of nitrogens with zero attached hydrogens (tertiary/aromatic N) is 3. The summed E-state index contributed by atoms with van der Waals surface area (Å²) in [7, 11) is 0. The summed E-state index contributed by atoms with van der Waals surface area (Å²) in [4.78, 5) is 23.7. The van der Waals surface area contributed by atoms with E-state index in [1.54, 1.807) is 6.07 Å². The Morgan fingerprint density at radius 1 is 1.23 bits per heavy atom. The molecule has 5 nitrogen and oxygen atoms in total. The van der Waals surface area contributed by atoms with E-state index in [9.17, 15) is 9.18 Å². The molecule has 5 rings (SSSR count). The number of hydrogen-bond acceptors (Lipinski definition) is 5. The number of piperidine rings is 1. The van der Waals surface area contributed by atoms with Crippen molar-refractivity contribution in [3.05, 3.63) is 42.0 Å². The van der Waals surface area contributed by atoms with Gasteiger partial charge in [0.05, 0.1) is 15.6 Å². The molecule has 7 heteroatoms. The summed E-state index contributed by atoms with van der Waals surface area (Å²) in [5.41, 5.74) is 2.17. The molecule has 1 aliphatic carbocycles. The number of carbonyl (C=O) groups is 1. The molecule has 1 aromatic carbocycles. The number of aromatic nitrogens is 2. The van der Waals surface area contributed by atoms with Gasteiger partial charge in [-0.15, -0.1) is 11.3 Å². The maximum absolute atomic E-state index is 14.4. The number of allylic oxidation sites excluding steroid dienone is 1. The highest BCUT2D eigenvalue weighted by atomic mass is 32.1. The molecule has 1 N–H and O–H groups in total. The van der Waals surface area contributed by atoms with Gasteiger partial charge in [-0.3, -0.25) is 4.79 Å². The van der Waals surface area contributed by atoms with Gasteiger partial charge in [0.25, 0.3) is 0 Å². The van der Waals surface area contributed by atoms with Gasteiger partial charge in [-0.1, -0.05) is 17.7 Å². The number of carbonyl (C=O) groups excluding carboxylic acids is 1. The first kappa shape index (κ1) is 20.4. The van der Waals surface area contributed by atoms with Crippen molar-refractivity contribution in [1.82, 2.24) is 15.3 Å². The van der Waals surface area contributed by atoms with Crippen molar-refractivity contribution in [2.75, 3.05) is 24.5 Å². The van der Waals surface area contributed by atoms with Crippen LogP contribution in [0, 0.1) is 11.7 Å². The second kappa shape index (κ2) is 8.91. The van der Waals surface area contributed by atoms with Crippen molar-refractivity contribution in [3.63, 3.8) is 0 Å². The molecule has 2 aromatic heterocycles. The number of anilines is 1. The van der Waals surface area contributed by atoms with Gasteiger partial charge in [0.15, 0.2) is 0 Å². The summed E-state index contributed by atoms with van der Waals surface area (Å²) in [6.07, 6.45) is 11.4. The predicted octanol–water partition coefficient (Wildman–Crippen LogP) is 5.21. The lowest BCUT2D eigenvalue weighted by molar-refractivity contribution is -0.125. The van der Waals surface area contributed by atoms with Crippen molar-refractivity contribution in [2.45, 2.75) is 44.9 Å². The normalized spacial score (nSPS) is 17.8. The fraction of sp³-hybridized carbons (Fsp3) is 0.458. The molecule has 0 saturated carbocycles. The molecule has 0 spiro atoms. The van der Waals surface area contributed by atoms with Crippen molar-refractivity contribution >= 4 is 43.4 Å². The zero-order chi connectivity index (χ0) is 21.2. The van der Waals surface area contributed by atoms with Crippen LogP contribution in [0.15, 0.2) is 36.2 Å². The Kier molecular flexibility index (Phi) is 5.85. The van der Waals surface area contributed by atoms with Gasteiger partial charge in [-0.25, -0.2) is 14.4 Å². The molecule has 1 aliphatic heterocycles. The summed E-state index contributed by atoms with van der Waals surface area (Å²) in [5.74, 6) is 0.836. The Labute approximate surface area is 185 Å². The Balaban J connectivity index is 1.23. The van der Waals surface area contributed by atoms with E-state index >= 15 is 0 Å². The van der Waals surface area contributed by atoms with Crippen molar-refractivity contribution < 1.29 is 9.18 Å². The van der Waals surface area contributed by atoms with Gasteiger partial charge in [0.1, 0.15) is 18.0 Å². The number of thiophene rings is 1. The molecule has 162 valence electrons. The number of halogens is 1. The van der Waals surface area contributed by atoms with Crippen LogP contribution in [0.2, 0.25) is 0 Å². The maximum Gasteiger partial charge on any atom is 0.223 e. The van der Waals surface area contributed by atoms with Crippen LogP contribution in [0.25, 0.3) is 20.3 Å². The van der Waals surface area contributed by atoms with E-state index in [0.29, 0.717) is 10.9 Å². The highest BCUT2D eigenvalue weighted by Gasteiger charge is 2.27. The monoisotopic (exact) mass is 438 g/mol. The first-order chi connectivity index (χ1) is 15.2. The molecule has 1 saturated heterocycles. The molecule has 0 radical (unpaired) electrons. The van der Waals surface area contributed by atoms with Crippen molar-refractivity contribution in [3.8, 4) is 0 Å². The minimum Gasteiger partial charge on any atom is -0.356 e. The average molecular weight is 439 g/mol. The third kappa shape index (κ3) is 4.15. The Bertz CT molecular complexity index is 1130. The van der Waals surface area contributed by atoms with Crippen LogP contribution in [0.4, 0.5) is 10.2 Å². The van der Waals surface area contributed by atoms with Gasteiger partial charge in [0.2, 0.25) is 5.91 Å². The van der Waals surface area contributed by atoms with E-state index in [1.807, 2.05) is 6.07 Å². The number of nitrogens with one attached hydrogen (secondary N) is 1. The van der Waals surface area contributed by atoms with Crippen LogP contribution in [0.3, 0.4) is 0 Å².